The molecule has 0 spiro atoms. The summed E-state index contributed by atoms with van der Waals surface area (Å²) < 4.78 is 0. The summed E-state index contributed by atoms with van der Waals surface area (Å²) in [5.41, 5.74) is 0. The summed E-state index contributed by atoms with van der Waals surface area (Å²) in [6, 6.07) is 0. The molecule has 0 radical (unpaired) electrons. The number of allylic oxidation sites excluding steroid dienone is 1. The third-order valence-electron chi connectivity index (χ3n) is 3.75. The van der Waals surface area contributed by atoms with Crippen molar-refractivity contribution in [1.82, 2.24) is 10.2 Å². The van der Waals surface area contributed by atoms with Gasteiger partial charge in [-0.25, -0.2) is 0 Å². The zero-order chi connectivity index (χ0) is 16.5. The van der Waals surface area contributed by atoms with Crippen molar-refractivity contribution >= 4 is 5.91 Å². The Morgan fingerprint density at radius 3 is 2.36 bits per heavy atom. The number of aliphatic hydroxyl groups excluding tert-OH is 1. The summed E-state index contributed by atoms with van der Waals surface area (Å²) in [4.78, 5) is 14.0. The van der Waals surface area contributed by atoms with Crippen molar-refractivity contribution in [2.24, 2.45) is 0 Å². The largest absolute Gasteiger partial charge is 0.396 e. The summed E-state index contributed by atoms with van der Waals surface area (Å²) >= 11 is 0. The van der Waals surface area contributed by atoms with E-state index in [0.29, 0.717) is 19.7 Å². The fraction of sp³-hybridized carbons (Fsp3) is 0.833. The molecule has 0 saturated carbocycles. The molecule has 0 bridgehead atoms. The molecule has 0 saturated heterocycles. The van der Waals surface area contributed by atoms with Gasteiger partial charge in [0.2, 0.25) is 5.91 Å². The maximum absolute atomic E-state index is 11.7. The van der Waals surface area contributed by atoms with Gasteiger partial charge in [0.15, 0.2) is 0 Å². The van der Waals surface area contributed by atoms with E-state index >= 15 is 0 Å². The van der Waals surface area contributed by atoms with E-state index in [-0.39, 0.29) is 5.91 Å². The molecule has 0 heterocycles. The van der Waals surface area contributed by atoms with Gasteiger partial charge in [0.05, 0.1) is 6.67 Å². The Hall–Kier alpha value is -0.870. The molecular formula is C18H36N2O2. The van der Waals surface area contributed by atoms with Gasteiger partial charge in [-0.1, -0.05) is 58.1 Å². The number of rotatable bonds is 15. The number of carbonyl (C=O) groups is 1. The van der Waals surface area contributed by atoms with Gasteiger partial charge in [0, 0.05) is 13.0 Å². The van der Waals surface area contributed by atoms with Crippen LogP contribution in [0.4, 0.5) is 0 Å². The van der Waals surface area contributed by atoms with Crippen molar-refractivity contribution < 1.29 is 9.90 Å². The maximum atomic E-state index is 11.7. The topological polar surface area (TPSA) is 52.6 Å². The zero-order valence-electron chi connectivity index (χ0n) is 14.6. The van der Waals surface area contributed by atoms with Gasteiger partial charge in [-0.2, -0.15) is 0 Å². The van der Waals surface area contributed by atoms with Gasteiger partial charge in [-0.3, -0.25) is 9.69 Å². The highest BCUT2D eigenvalue weighted by atomic mass is 16.2. The highest BCUT2D eigenvalue weighted by molar-refractivity contribution is 5.77. The van der Waals surface area contributed by atoms with E-state index in [4.69, 9.17) is 5.11 Å². The van der Waals surface area contributed by atoms with E-state index in [0.717, 1.165) is 38.8 Å². The molecule has 0 aromatic rings. The van der Waals surface area contributed by atoms with Gasteiger partial charge in [0.1, 0.15) is 0 Å². The van der Waals surface area contributed by atoms with E-state index in [1.54, 1.807) is 0 Å². The van der Waals surface area contributed by atoms with Crippen molar-refractivity contribution in [2.75, 3.05) is 26.4 Å². The van der Waals surface area contributed by atoms with Crippen LogP contribution in [0, 0.1) is 0 Å². The summed E-state index contributed by atoms with van der Waals surface area (Å²) in [6.45, 7) is 7.25. The highest BCUT2D eigenvalue weighted by Crippen LogP contribution is 2.05. The molecule has 0 aromatic carbocycles. The number of nitrogens with zero attached hydrogens (tertiary/aromatic N) is 1. The van der Waals surface area contributed by atoms with Crippen molar-refractivity contribution in [3.8, 4) is 0 Å². The monoisotopic (exact) mass is 312 g/mol. The summed E-state index contributed by atoms with van der Waals surface area (Å²) in [7, 11) is 0. The van der Waals surface area contributed by atoms with Gasteiger partial charge < -0.3 is 10.4 Å². The number of aliphatic hydroxyl groups is 1. The van der Waals surface area contributed by atoms with Crippen LogP contribution in [0.2, 0.25) is 0 Å². The van der Waals surface area contributed by atoms with Crippen molar-refractivity contribution in [1.29, 1.82) is 0 Å². The molecule has 22 heavy (non-hydrogen) atoms. The van der Waals surface area contributed by atoms with Crippen molar-refractivity contribution in [2.45, 2.75) is 71.6 Å². The van der Waals surface area contributed by atoms with E-state index in [9.17, 15) is 4.79 Å². The van der Waals surface area contributed by atoms with E-state index in [1.807, 2.05) is 6.08 Å². The minimum absolute atomic E-state index is 0.106. The molecular weight excluding hydrogens is 276 g/mol. The second kappa shape index (κ2) is 16.5. The molecule has 0 atom stereocenters. The first-order valence-electron chi connectivity index (χ1n) is 8.99. The fourth-order valence-corrected chi connectivity index (χ4v) is 2.25. The maximum Gasteiger partial charge on any atom is 0.224 e. The van der Waals surface area contributed by atoms with Crippen LogP contribution >= 0.6 is 0 Å². The van der Waals surface area contributed by atoms with E-state index in [2.05, 4.69) is 30.1 Å². The first-order chi connectivity index (χ1) is 10.7. The molecule has 1 amide bonds. The normalized spacial score (nSPS) is 11.5. The molecule has 0 aliphatic carbocycles. The summed E-state index contributed by atoms with van der Waals surface area (Å²) in [6.07, 6.45) is 13.6. The highest BCUT2D eigenvalue weighted by Gasteiger charge is 2.04. The molecule has 0 aliphatic rings. The van der Waals surface area contributed by atoms with Crippen molar-refractivity contribution in [3.63, 3.8) is 0 Å². The lowest BCUT2D eigenvalue weighted by Gasteiger charge is -2.20. The minimum Gasteiger partial charge on any atom is -0.396 e. The lowest BCUT2D eigenvalue weighted by molar-refractivity contribution is -0.120. The second-order valence-corrected chi connectivity index (χ2v) is 5.78. The first-order valence-corrected chi connectivity index (χ1v) is 8.99. The number of hydrogen-bond donors (Lipinski definition) is 2. The van der Waals surface area contributed by atoms with Crippen LogP contribution in [-0.4, -0.2) is 42.3 Å². The number of carbonyl (C=O) groups excluding carboxylic acids is 1. The number of amides is 1. The van der Waals surface area contributed by atoms with Crippen LogP contribution in [-0.2, 0) is 4.79 Å². The van der Waals surface area contributed by atoms with Crippen LogP contribution in [0.3, 0.4) is 0 Å². The van der Waals surface area contributed by atoms with Crippen LogP contribution in [0.15, 0.2) is 12.2 Å². The van der Waals surface area contributed by atoms with Crippen LogP contribution in [0.5, 0.6) is 0 Å². The lowest BCUT2D eigenvalue weighted by atomic mass is 10.1. The fourth-order valence-electron chi connectivity index (χ4n) is 2.25. The van der Waals surface area contributed by atoms with Crippen LogP contribution in [0.1, 0.15) is 71.6 Å². The van der Waals surface area contributed by atoms with Gasteiger partial charge >= 0.3 is 0 Å². The predicted octanol–water partition coefficient (Wildman–Crippen LogP) is 3.46. The SMILES string of the molecule is CCC/C=C/CC(=O)NCN(CC)CCCCCCCCO. The summed E-state index contributed by atoms with van der Waals surface area (Å²) in [5.74, 6) is 0.106. The van der Waals surface area contributed by atoms with E-state index < -0.39 is 0 Å². The Labute approximate surface area is 137 Å². The smallest absolute Gasteiger partial charge is 0.224 e. The van der Waals surface area contributed by atoms with Crippen molar-refractivity contribution in [3.05, 3.63) is 12.2 Å². The first kappa shape index (κ1) is 21.1. The Morgan fingerprint density at radius 2 is 1.73 bits per heavy atom. The van der Waals surface area contributed by atoms with Gasteiger partial charge in [-0.05, 0) is 32.4 Å². The predicted molar refractivity (Wildman–Crippen MR) is 93.7 cm³/mol. The zero-order valence-corrected chi connectivity index (χ0v) is 14.6. The summed E-state index contributed by atoms with van der Waals surface area (Å²) in [5, 5.41) is 11.7. The third-order valence-corrected chi connectivity index (χ3v) is 3.75. The van der Waals surface area contributed by atoms with Gasteiger partial charge in [-0.15, -0.1) is 0 Å². The average Bonchev–Trinajstić information content (AvgIpc) is 2.53. The number of unbranched alkanes of at least 4 members (excludes halogenated alkanes) is 6. The third kappa shape index (κ3) is 14.1. The molecule has 130 valence electrons. The Bertz CT molecular complexity index is 280. The Balaban J connectivity index is 3.59. The minimum atomic E-state index is 0.106. The molecule has 2 N–H and O–H groups in total. The molecule has 0 fully saturated rings. The molecule has 0 rings (SSSR count). The quantitative estimate of drug-likeness (QED) is 0.277. The Morgan fingerprint density at radius 1 is 1.05 bits per heavy atom. The average molecular weight is 312 g/mol. The number of nitrogens with one attached hydrogen (secondary N) is 1. The Kier molecular flexibility index (Phi) is 15.8. The number of hydrogen-bond acceptors (Lipinski definition) is 3. The lowest BCUT2D eigenvalue weighted by Crippen LogP contribution is -2.37. The van der Waals surface area contributed by atoms with Crippen LogP contribution < -0.4 is 5.32 Å². The standard InChI is InChI=1S/C18H36N2O2/c1-3-5-6-11-14-18(22)19-17-20(4-2)15-12-9-7-8-10-13-16-21/h6,11,21H,3-5,7-10,12-17H2,1-2H3,(H,19,22)/b11-6+. The van der Waals surface area contributed by atoms with Gasteiger partial charge in [0.25, 0.3) is 0 Å². The molecule has 4 heteroatoms. The van der Waals surface area contributed by atoms with Crippen LogP contribution in [0.25, 0.3) is 0 Å². The van der Waals surface area contributed by atoms with E-state index in [1.165, 1.54) is 25.7 Å². The molecule has 0 unspecified atom stereocenters. The molecule has 0 aromatic heterocycles. The molecule has 4 nitrogen and oxygen atoms in total. The second-order valence-electron chi connectivity index (χ2n) is 5.78. The molecule has 0 aliphatic heterocycles.